The van der Waals surface area contributed by atoms with E-state index in [0.717, 1.165) is 11.1 Å². The summed E-state index contributed by atoms with van der Waals surface area (Å²) in [6.07, 6.45) is 1.19. The van der Waals surface area contributed by atoms with Gasteiger partial charge in [0.05, 0.1) is 4.92 Å². The first-order valence-corrected chi connectivity index (χ1v) is 8.43. The lowest BCUT2D eigenvalue weighted by molar-refractivity contribution is -0.384. The lowest BCUT2D eigenvalue weighted by atomic mass is 10.0. The highest BCUT2D eigenvalue weighted by atomic mass is 16.6. The maximum Gasteiger partial charge on any atom is 0.269 e. The van der Waals surface area contributed by atoms with Crippen molar-refractivity contribution in [1.82, 2.24) is 0 Å². The Kier molecular flexibility index (Phi) is 6.28. The van der Waals surface area contributed by atoms with Gasteiger partial charge in [0, 0.05) is 29.7 Å². The number of nitrogens with zero attached hydrogens (tertiary/aromatic N) is 1. The molecule has 0 heterocycles. The van der Waals surface area contributed by atoms with Crippen molar-refractivity contribution in [3.63, 3.8) is 0 Å². The molecule has 25 heavy (non-hydrogen) atoms. The van der Waals surface area contributed by atoms with Crippen LogP contribution in [0.1, 0.15) is 48.7 Å². The Labute approximate surface area is 147 Å². The molecule has 0 N–H and O–H groups in total. The van der Waals surface area contributed by atoms with Crippen molar-refractivity contribution in [2.75, 3.05) is 0 Å². The lowest BCUT2D eigenvalue weighted by Gasteiger charge is -2.13. The van der Waals surface area contributed by atoms with Gasteiger partial charge in [-0.1, -0.05) is 45.0 Å². The number of rotatable bonds is 8. The zero-order valence-electron chi connectivity index (χ0n) is 14.8. The predicted molar refractivity (Wildman–Crippen MR) is 97.0 cm³/mol. The average Bonchev–Trinajstić information content (AvgIpc) is 2.59. The summed E-state index contributed by atoms with van der Waals surface area (Å²) >= 11 is 0. The molecule has 0 aromatic heterocycles. The van der Waals surface area contributed by atoms with E-state index in [0.29, 0.717) is 36.7 Å². The maximum absolute atomic E-state index is 11.7. The number of hydrogen-bond donors (Lipinski definition) is 0. The SMILES string of the molecule is CCC(=O)c1ccc(COc2ccc([N+](=O)[O-])cc2CC(C)C)cc1. The third kappa shape index (κ3) is 5.14. The van der Waals surface area contributed by atoms with E-state index in [1.165, 1.54) is 6.07 Å². The monoisotopic (exact) mass is 341 g/mol. The number of ether oxygens (including phenoxy) is 1. The van der Waals surface area contributed by atoms with Crippen molar-refractivity contribution in [3.8, 4) is 5.75 Å². The molecule has 0 saturated carbocycles. The number of ketones is 1. The van der Waals surface area contributed by atoms with Gasteiger partial charge in [0.25, 0.3) is 5.69 Å². The molecule has 0 amide bonds. The Bertz CT molecular complexity index is 751. The van der Waals surface area contributed by atoms with Gasteiger partial charge in [-0.3, -0.25) is 14.9 Å². The van der Waals surface area contributed by atoms with Crippen LogP contribution in [-0.2, 0) is 13.0 Å². The van der Waals surface area contributed by atoms with E-state index in [9.17, 15) is 14.9 Å². The summed E-state index contributed by atoms with van der Waals surface area (Å²) in [5, 5.41) is 11.0. The minimum absolute atomic E-state index is 0.0745. The van der Waals surface area contributed by atoms with Crippen LogP contribution >= 0.6 is 0 Å². The van der Waals surface area contributed by atoms with Crippen LogP contribution in [0.3, 0.4) is 0 Å². The molecule has 0 bridgehead atoms. The highest BCUT2D eigenvalue weighted by molar-refractivity contribution is 5.95. The third-order valence-corrected chi connectivity index (χ3v) is 3.87. The van der Waals surface area contributed by atoms with E-state index in [1.54, 1.807) is 24.3 Å². The number of hydrogen-bond acceptors (Lipinski definition) is 4. The average molecular weight is 341 g/mol. The van der Waals surface area contributed by atoms with Crippen molar-refractivity contribution in [1.29, 1.82) is 0 Å². The summed E-state index contributed by atoms with van der Waals surface area (Å²) < 4.78 is 5.88. The van der Waals surface area contributed by atoms with Gasteiger partial charge in [0.15, 0.2) is 5.78 Å². The number of carbonyl (C=O) groups excluding carboxylic acids is 1. The van der Waals surface area contributed by atoms with Crippen LogP contribution in [0, 0.1) is 16.0 Å². The fraction of sp³-hybridized carbons (Fsp3) is 0.350. The van der Waals surface area contributed by atoms with Crippen molar-refractivity contribution >= 4 is 11.5 Å². The summed E-state index contributed by atoms with van der Waals surface area (Å²) in [6.45, 7) is 6.31. The molecule has 0 aliphatic carbocycles. The minimum Gasteiger partial charge on any atom is -0.489 e. The highest BCUT2D eigenvalue weighted by Gasteiger charge is 2.13. The number of benzene rings is 2. The molecule has 2 aromatic rings. The van der Waals surface area contributed by atoms with Crippen molar-refractivity contribution < 1.29 is 14.5 Å². The predicted octanol–water partition coefficient (Wildman–Crippen LogP) is 4.97. The van der Waals surface area contributed by atoms with Gasteiger partial charge >= 0.3 is 0 Å². The second-order valence-corrected chi connectivity index (χ2v) is 6.41. The molecule has 0 aliphatic rings. The van der Waals surface area contributed by atoms with E-state index < -0.39 is 4.92 Å². The quantitative estimate of drug-likeness (QED) is 0.386. The number of Topliss-reactive ketones (excluding diaryl/α,β-unsaturated/α-hetero) is 1. The maximum atomic E-state index is 11.7. The summed E-state index contributed by atoms with van der Waals surface area (Å²) in [4.78, 5) is 22.2. The molecule has 0 fully saturated rings. The molecule has 0 aliphatic heterocycles. The highest BCUT2D eigenvalue weighted by Crippen LogP contribution is 2.27. The molecular weight excluding hydrogens is 318 g/mol. The number of nitro groups is 1. The molecular formula is C20H23NO4. The number of non-ortho nitro benzene ring substituents is 1. The van der Waals surface area contributed by atoms with Gasteiger partial charge < -0.3 is 4.74 Å². The van der Waals surface area contributed by atoms with E-state index in [1.807, 2.05) is 19.1 Å². The molecule has 0 spiro atoms. The van der Waals surface area contributed by atoms with Crippen LogP contribution in [0.15, 0.2) is 42.5 Å². The molecule has 0 saturated heterocycles. The number of carbonyl (C=O) groups is 1. The van der Waals surface area contributed by atoms with Crippen molar-refractivity contribution in [2.24, 2.45) is 5.92 Å². The Morgan fingerprint density at radius 1 is 1.16 bits per heavy atom. The van der Waals surface area contributed by atoms with Gasteiger partial charge in [-0.2, -0.15) is 0 Å². The second kappa shape index (κ2) is 8.42. The van der Waals surface area contributed by atoms with Crippen LogP contribution in [-0.4, -0.2) is 10.7 Å². The second-order valence-electron chi connectivity index (χ2n) is 6.41. The van der Waals surface area contributed by atoms with Crippen LogP contribution in [0.5, 0.6) is 5.75 Å². The van der Waals surface area contributed by atoms with Crippen LogP contribution in [0.4, 0.5) is 5.69 Å². The molecule has 0 unspecified atom stereocenters. The Morgan fingerprint density at radius 3 is 2.40 bits per heavy atom. The zero-order chi connectivity index (χ0) is 18.4. The van der Waals surface area contributed by atoms with E-state index in [2.05, 4.69) is 13.8 Å². The molecule has 132 valence electrons. The summed E-state index contributed by atoms with van der Waals surface area (Å²) in [7, 11) is 0. The van der Waals surface area contributed by atoms with Gasteiger partial charge in [-0.15, -0.1) is 0 Å². The first-order valence-electron chi connectivity index (χ1n) is 8.43. The van der Waals surface area contributed by atoms with Crippen LogP contribution in [0.2, 0.25) is 0 Å². The third-order valence-electron chi connectivity index (χ3n) is 3.87. The lowest BCUT2D eigenvalue weighted by Crippen LogP contribution is -2.03. The van der Waals surface area contributed by atoms with Gasteiger partial charge in [-0.25, -0.2) is 0 Å². The summed E-state index contributed by atoms with van der Waals surface area (Å²) in [5.74, 6) is 1.14. The van der Waals surface area contributed by atoms with Crippen LogP contribution < -0.4 is 4.74 Å². The number of nitro benzene ring substituents is 1. The normalized spacial score (nSPS) is 10.7. The van der Waals surface area contributed by atoms with Gasteiger partial charge in [0.1, 0.15) is 12.4 Å². The van der Waals surface area contributed by atoms with Gasteiger partial charge in [-0.05, 0) is 24.0 Å². The fourth-order valence-electron chi connectivity index (χ4n) is 2.57. The standard InChI is InChI=1S/C20H23NO4/c1-4-19(22)16-7-5-15(6-8-16)13-25-20-10-9-18(21(23)24)12-17(20)11-14(2)3/h5-10,12,14H,4,11,13H2,1-3H3. The van der Waals surface area contributed by atoms with Crippen molar-refractivity contribution in [3.05, 3.63) is 69.3 Å². The van der Waals surface area contributed by atoms with E-state index in [4.69, 9.17) is 4.74 Å². The molecule has 0 atom stereocenters. The smallest absolute Gasteiger partial charge is 0.269 e. The topological polar surface area (TPSA) is 69.4 Å². The Hall–Kier alpha value is -2.69. The summed E-state index contributed by atoms with van der Waals surface area (Å²) in [5.41, 5.74) is 2.55. The molecule has 2 aromatic carbocycles. The van der Waals surface area contributed by atoms with Crippen LogP contribution in [0.25, 0.3) is 0 Å². The molecule has 0 radical (unpaired) electrons. The summed E-state index contributed by atoms with van der Waals surface area (Å²) in [6, 6.07) is 12.0. The van der Waals surface area contributed by atoms with E-state index >= 15 is 0 Å². The fourth-order valence-corrected chi connectivity index (χ4v) is 2.57. The molecule has 5 heteroatoms. The largest absolute Gasteiger partial charge is 0.489 e. The molecule has 2 rings (SSSR count). The zero-order valence-corrected chi connectivity index (χ0v) is 14.8. The first kappa shape index (κ1) is 18.6. The van der Waals surface area contributed by atoms with Gasteiger partial charge in [0.2, 0.25) is 0 Å². The molecule has 5 nitrogen and oxygen atoms in total. The van der Waals surface area contributed by atoms with E-state index in [-0.39, 0.29) is 11.5 Å². The first-order chi connectivity index (χ1) is 11.9. The Balaban J connectivity index is 2.13. The minimum atomic E-state index is -0.392. The Morgan fingerprint density at radius 2 is 1.84 bits per heavy atom. The van der Waals surface area contributed by atoms with Crippen molar-refractivity contribution in [2.45, 2.75) is 40.2 Å².